The number of aromatic nitrogens is 2. The third kappa shape index (κ3) is 2.89. The van der Waals surface area contributed by atoms with Crippen LogP contribution in [0.3, 0.4) is 0 Å². The van der Waals surface area contributed by atoms with Gasteiger partial charge in [0.15, 0.2) is 0 Å². The van der Waals surface area contributed by atoms with Crippen LogP contribution < -0.4 is 11.0 Å². The third-order valence-electron chi connectivity index (χ3n) is 3.43. The summed E-state index contributed by atoms with van der Waals surface area (Å²) in [5.74, 6) is 0.154. The molecule has 116 valence electrons. The average Bonchev–Trinajstić information content (AvgIpc) is 2.56. The number of hydrogen-bond acceptors (Lipinski definition) is 5. The maximum atomic E-state index is 11.4. The van der Waals surface area contributed by atoms with E-state index in [0.29, 0.717) is 11.3 Å². The quantitative estimate of drug-likeness (QED) is 0.509. The van der Waals surface area contributed by atoms with Crippen LogP contribution in [0, 0.1) is 0 Å². The van der Waals surface area contributed by atoms with Crippen molar-refractivity contribution in [2.75, 3.05) is 5.43 Å². The number of hydrazone groups is 1. The first-order valence-electron chi connectivity index (χ1n) is 6.82. The molecule has 0 radical (unpaired) electrons. The van der Waals surface area contributed by atoms with E-state index in [0.717, 1.165) is 10.8 Å². The summed E-state index contributed by atoms with van der Waals surface area (Å²) in [7, 11) is 0. The molecule has 23 heavy (non-hydrogen) atoms. The number of halogens is 1. The molecule has 1 aromatic heterocycles. The van der Waals surface area contributed by atoms with Crippen LogP contribution in [0.25, 0.3) is 10.8 Å². The Bertz CT molecular complexity index is 966. The Morgan fingerprint density at radius 1 is 1.30 bits per heavy atom. The van der Waals surface area contributed by atoms with Crippen LogP contribution in [0.5, 0.6) is 5.75 Å². The SMILES string of the molecule is C/C(=N\Nc1cn[nH]c(=O)c1Cl)c1ccc2ccccc2c1O. The highest BCUT2D eigenvalue weighted by Gasteiger charge is 2.09. The van der Waals surface area contributed by atoms with E-state index >= 15 is 0 Å². The van der Waals surface area contributed by atoms with Crippen molar-refractivity contribution in [3.05, 3.63) is 63.5 Å². The molecule has 0 fully saturated rings. The minimum absolute atomic E-state index is 0.0284. The Kier molecular flexibility index (Phi) is 3.99. The van der Waals surface area contributed by atoms with Crippen LogP contribution in [0.2, 0.25) is 5.02 Å². The summed E-state index contributed by atoms with van der Waals surface area (Å²) in [4.78, 5) is 11.4. The number of phenolic OH excluding ortho intramolecular Hbond substituents is 1. The van der Waals surface area contributed by atoms with Crippen molar-refractivity contribution < 1.29 is 5.11 Å². The van der Waals surface area contributed by atoms with Gasteiger partial charge < -0.3 is 5.11 Å². The normalized spacial score (nSPS) is 11.7. The standard InChI is InChI=1S/C16H13ClN4O2/c1-9(19-20-13-8-18-21-16(23)14(13)17)11-7-6-10-4-2-3-5-12(10)15(11)22/h2-8,22H,1H3,(H2,20,21,23)/b19-9+. The minimum Gasteiger partial charge on any atom is -0.507 e. The van der Waals surface area contributed by atoms with Gasteiger partial charge in [0, 0.05) is 10.9 Å². The van der Waals surface area contributed by atoms with E-state index in [9.17, 15) is 9.90 Å². The van der Waals surface area contributed by atoms with Gasteiger partial charge in [0.1, 0.15) is 16.5 Å². The van der Waals surface area contributed by atoms with Crippen molar-refractivity contribution in [1.82, 2.24) is 10.2 Å². The Morgan fingerprint density at radius 2 is 2.09 bits per heavy atom. The number of rotatable bonds is 3. The van der Waals surface area contributed by atoms with Crippen LogP contribution >= 0.6 is 11.6 Å². The van der Waals surface area contributed by atoms with Crippen molar-refractivity contribution in [2.24, 2.45) is 5.10 Å². The first-order chi connectivity index (χ1) is 11.1. The van der Waals surface area contributed by atoms with Gasteiger partial charge in [-0.2, -0.15) is 10.2 Å². The van der Waals surface area contributed by atoms with Crippen LogP contribution in [0.1, 0.15) is 12.5 Å². The molecule has 0 amide bonds. The van der Waals surface area contributed by atoms with Gasteiger partial charge in [-0.05, 0) is 18.4 Å². The molecule has 6 nitrogen and oxygen atoms in total. The molecule has 0 saturated carbocycles. The highest BCUT2D eigenvalue weighted by atomic mass is 35.5. The third-order valence-corrected chi connectivity index (χ3v) is 3.81. The monoisotopic (exact) mass is 328 g/mol. The Morgan fingerprint density at radius 3 is 2.91 bits per heavy atom. The second kappa shape index (κ2) is 6.10. The van der Waals surface area contributed by atoms with Gasteiger partial charge in [-0.1, -0.05) is 41.9 Å². The second-order valence-corrected chi connectivity index (χ2v) is 5.30. The smallest absolute Gasteiger partial charge is 0.285 e. The minimum atomic E-state index is -0.502. The van der Waals surface area contributed by atoms with Gasteiger partial charge >= 0.3 is 0 Å². The average molecular weight is 329 g/mol. The molecule has 2 aromatic carbocycles. The van der Waals surface area contributed by atoms with Crippen LogP contribution in [0.4, 0.5) is 5.69 Å². The summed E-state index contributed by atoms with van der Waals surface area (Å²) >= 11 is 5.87. The molecule has 3 rings (SSSR count). The zero-order valence-corrected chi connectivity index (χ0v) is 12.9. The maximum absolute atomic E-state index is 11.4. The van der Waals surface area contributed by atoms with Gasteiger partial charge in [-0.3, -0.25) is 10.2 Å². The van der Waals surface area contributed by atoms with E-state index in [1.54, 1.807) is 13.0 Å². The molecular formula is C16H13ClN4O2. The molecule has 0 saturated heterocycles. The number of fused-ring (bicyclic) bond motifs is 1. The number of phenols is 1. The van der Waals surface area contributed by atoms with E-state index in [1.807, 2.05) is 30.3 Å². The van der Waals surface area contributed by atoms with Crippen molar-refractivity contribution in [3.8, 4) is 5.75 Å². The number of nitrogens with zero attached hydrogens (tertiary/aromatic N) is 2. The molecule has 0 unspecified atom stereocenters. The lowest BCUT2D eigenvalue weighted by molar-refractivity contribution is 0.480. The predicted molar refractivity (Wildman–Crippen MR) is 91.3 cm³/mol. The van der Waals surface area contributed by atoms with Crippen LogP contribution in [-0.2, 0) is 0 Å². The number of anilines is 1. The van der Waals surface area contributed by atoms with Crippen molar-refractivity contribution >= 4 is 33.8 Å². The fraction of sp³-hybridized carbons (Fsp3) is 0.0625. The van der Waals surface area contributed by atoms with Gasteiger partial charge in [-0.15, -0.1) is 0 Å². The molecule has 0 bridgehead atoms. The summed E-state index contributed by atoms with van der Waals surface area (Å²) < 4.78 is 0. The van der Waals surface area contributed by atoms with Crippen LogP contribution in [0.15, 0.2) is 52.5 Å². The van der Waals surface area contributed by atoms with Crippen molar-refractivity contribution in [2.45, 2.75) is 6.92 Å². The van der Waals surface area contributed by atoms with E-state index in [-0.39, 0.29) is 16.5 Å². The van der Waals surface area contributed by atoms with Gasteiger partial charge in [0.2, 0.25) is 0 Å². The van der Waals surface area contributed by atoms with Crippen molar-refractivity contribution in [1.29, 1.82) is 0 Å². The lowest BCUT2D eigenvalue weighted by atomic mass is 10.0. The molecule has 0 aliphatic rings. The summed E-state index contributed by atoms with van der Waals surface area (Å²) in [5.41, 5.74) is 3.61. The summed E-state index contributed by atoms with van der Waals surface area (Å²) in [6.45, 7) is 1.74. The Balaban J connectivity index is 1.97. The fourth-order valence-corrected chi connectivity index (χ4v) is 2.35. The van der Waals surface area contributed by atoms with Crippen LogP contribution in [-0.4, -0.2) is 21.0 Å². The maximum Gasteiger partial charge on any atom is 0.285 e. The van der Waals surface area contributed by atoms with Crippen molar-refractivity contribution in [3.63, 3.8) is 0 Å². The molecule has 0 spiro atoms. The summed E-state index contributed by atoms with van der Waals surface area (Å²) in [5, 5.41) is 22.1. The molecule has 7 heteroatoms. The van der Waals surface area contributed by atoms with Gasteiger partial charge in [0.05, 0.1) is 11.9 Å². The van der Waals surface area contributed by atoms with Gasteiger partial charge in [0.25, 0.3) is 5.56 Å². The lowest BCUT2D eigenvalue weighted by Gasteiger charge is -2.08. The molecule has 1 heterocycles. The zero-order chi connectivity index (χ0) is 16.4. The highest BCUT2D eigenvalue weighted by molar-refractivity contribution is 6.32. The van der Waals surface area contributed by atoms with E-state index in [2.05, 4.69) is 20.7 Å². The summed E-state index contributed by atoms with van der Waals surface area (Å²) in [6.07, 6.45) is 1.36. The Hall–Kier alpha value is -2.86. The molecule has 0 aliphatic carbocycles. The molecular weight excluding hydrogens is 316 g/mol. The molecule has 0 atom stereocenters. The second-order valence-electron chi connectivity index (χ2n) is 4.92. The van der Waals surface area contributed by atoms with E-state index in [4.69, 9.17) is 11.6 Å². The molecule has 3 N–H and O–H groups in total. The zero-order valence-electron chi connectivity index (χ0n) is 12.2. The lowest BCUT2D eigenvalue weighted by Crippen LogP contribution is -2.10. The number of aromatic hydroxyl groups is 1. The molecule has 0 aliphatic heterocycles. The van der Waals surface area contributed by atoms with Gasteiger partial charge in [-0.25, -0.2) is 5.10 Å². The Labute approximate surface area is 136 Å². The van der Waals surface area contributed by atoms with E-state index < -0.39 is 5.56 Å². The predicted octanol–water partition coefficient (Wildman–Crippen LogP) is 3.12. The molecule has 3 aromatic rings. The number of nitrogens with one attached hydrogen (secondary N) is 2. The number of aromatic amines is 1. The first kappa shape index (κ1) is 15.1. The topological polar surface area (TPSA) is 90.4 Å². The number of hydrogen-bond donors (Lipinski definition) is 3. The first-order valence-corrected chi connectivity index (χ1v) is 7.20. The number of H-pyrrole nitrogens is 1. The largest absolute Gasteiger partial charge is 0.507 e. The number of benzene rings is 2. The summed E-state index contributed by atoms with van der Waals surface area (Å²) in [6, 6.07) is 11.2. The fourth-order valence-electron chi connectivity index (χ4n) is 2.21. The van der Waals surface area contributed by atoms with E-state index in [1.165, 1.54) is 6.20 Å². The highest BCUT2D eigenvalue weighted by Crippen LogP contribution is 2.29.